The topological polar surface area (TPSA) is 153 Å². The van der Waals surface area contributed by atoms with E-state index in [-0.39, 0.29) is 11.8 Å². The van der Waals surface area contributed by atoms with E-state index in [1.165, 1.54) is 11.1 Å². The minimum Gasteiger partial charge on any atom is -0.367 e. The number of carbonyl (C=O) groups excluding carboxylic acids is 1. The number of aromatic nitrogens is 6. The molecule has 0 aliphatic carbocycles. The second kappa shape index (κ2) is 13.1. The maximum atomic E-state index is 13.0. The van der Waals surface area contributed by atoms with Gasteiger partial charge in [0, 0.05) is 43.9 Å². The minimum absolute atomic E-state index is 0.0596. The van der Waals surface area contributed by atoms with Gasteiger partial charge in [-0.1, -0.05) is 60.7 Å². The number of benzene rings is 2. The molecule has 5 heterocycles. The lowest BCUT2D eigenvalue weighted by Gasteiger charge is -2.24. The fraction of sp³-hybridized carbons (Fsp3) is 0.382. The van der Waals surface area contributed by atoms with Gasteiger partial charge in [-0.15, -0.1) is 0 Å². The summed E-state index contributed by atoms with van der Waals surface area (Å²) in [6, 6.07) is 20.8. The second-order valence-corrected chi connectivity index (χ2v) is 12.1. The van der Waals surface area contributed by atoms with E-state index < -0.39 is 30.3 Å². The molecule has 2 aliphatic rings. The Hall–Kier alpha value is -4.85. The van der Waals surface area contributed by atoms with Crippen LogP contribution in [-0.4, -0.2) is 79.1 Å². The number of ether oxygens (including phenoxy) is 3. The van der Waals surface area contributed by atoms with Crippen molar-refractivity contribution >= 4 is 28.8 Å². The molecule has 47 heavy (non-hydrogen) atoms. The van der Waals surface area contributed by atoms with Crippen LogP contribution in [0.15, 0.2) is 79.5 Å². The highest BCUT2D eigenvalue weighted by Gasteiger charge is 2.58. The summed E-state index contributed by atoms with van der Waals surface area (Å²) in [7, 11) is 0. The molecule has 0 unspecified atom stereocenters. The average molecular weight is 638 g/mol. The third kappa shape index (κ3) is 6.42. The van der Waals surface area contributed by atoms with Crippen LogP contribution in [0, 0.1) is 0 Å². The van der Waals surface area contributed by atoms with Gasteiger partial charge in [0.05, 0.1) is 12.7 Å². The van der Waals surface area contributed by atoms with Gasteiger partial charge < -0.3 is 35.1 Å². The molecule has 13 nitrogen and oxygen atoms in total. The summed E-state index contributed by atoms with van der Waals surface area (Å²) >= 11 is 0. The van der Waals surface area contributed by atoms with Crippen LogP contribution < -0.4 is 16.0 Å². The molecule has 0 radical (unpaired) electrons. The Balaban J connectivity index is 1.23. The summed E-state index contributed by atoms with van der Waals surface area (Å²) in [6.07, 6.45) is 3.12. The third-order valence-corrected chi connectivity index (χ3v) is 8.44. The summed E-state index contributed by atoms with van der Waals surface area (Å²) in [6.45, 7) is 7.16. The third-order valence-electron chi connectivity index (χ3n) is 8.44. The highest BCUT2D eigenvalue weighted by atomic mass is 16.8. The Labute approximate surface area is 272 Å². The van der Waals surface area contributed by atoms with Crippen molar-refractivity contribution in [3.05, 3.63) is 96.3 Å². The van der Waals surface area contributed by atoms with Crippen LogP contribution in [0.25, 0.3) is 11.2 Å². The van der Waals surface area contributed by atoms with E-state index in [4.69, 9.17) is 29.2 Å². The number of imidazole rings is 2. The maximum absolute atomic E-state index is 13.0. The number of nitrogens with zero attached hydrogens (tertiary/aromatic N) is 5. The normalized spacial score (nSPS) is 21.6. The summed E-state index contributed by atoms with van der Waals surface area (Å²) < 4.78 is 20.6. The average Bonchev–Trinajstić information content (AvgIpc) is 3.87. The Morgan fingerprint density at radius 2 is 1.72 bits per heavy atom. The predicted octanol–water partition coefficient (Wildman–Crippen LogP) is 4.00. The van der Waals surface area contributed by atoms with Crippen LogP contribution in [-0.2, 0) is 25.4 Å². The number of H-pyrrole nitrogens is 1. The molecular formula is C34H39N9O4. The first-order chi connectivity index (χ1) is 22.9. The van der Waals surface area contributed by atoms with Gasteiger partial charge in [0.25, 0.3) is 5.91 Å². The van der Waals surface area contributed by atoms with Crippen LogP contribution in [0.2, 0.25) is 0 Å². The largest absolute Gasteiger partial charge is 0.367 e. The van der Waals surface area contributed by atoms with Crippen molar-refractivity contribution in [3.63, 3.8) is 0 Å². The molecule has 244 valence electrons. The van der Waals surface area contributed by atoms with Gasteiger partial charge in [0.15, 0.2) is 35.1 Å². The van der Waals surface area contributed by atoms with Gasteiger partial charge in [0.1, 0.15) is 12.2 Å². The van der Waals surface area contributed by atoms with E-state index in [9.17, 15) is 4.79 Å². The van der Waals surface area contributed by atoms with Crippen molar-refractivity contribution in [2.45, 2.75) is 63.4 Å². The molecular weight excluding hydrogens is 598 g/mol. The Morgan fingerprint density at radius 3 is 2.40 bits per heavy atom. The first kappa shape index (κ1) is 30.8. The molecule has 5 aromatic rings. The standard InChI is InChI=1S/C34H39N9O4/c1-4-36-31(44)27-26-28(47-34(2,3)46-26)32(45-27)43-20-40-25-29(41-33(42-30(25)43)37-16-15-23-17-35-19-39-23)38-18-24(21-11-7-5-8-12-21)22-13-9-6-10-14-22/h5-14,17,19-20,24,26-28,32H,4,15-16,18H2,1-3H3,(H,35,39)(H,36,44)(H2,37,38,41,42)/t26-,27-,28+,32+/m0/s1. The van der Waals surface area contributed by atoms with E-state index >= 15 is 0 Å². The van der Waals surface area contributed by atoms with Crippen molar-refractivity contribution in [2.75, 3.05) is 30.3 Å². The van der Waals surface area contributed by atoms with Gasteiger partial charge in [-0.25, -0.2) is 9.97 Å². The molecule has 1 amide bonds. The Morgan fingerprint density at radius 1 is 1.00 bits per heavy atom. The fourth-order valence-electron chi connectivity index (χ4n) is 6.32. The zero-order valence-corrected chi connectivity index (χ0v) is 26.6. The van der Waals surface area contributed by atoms with Crippen molar-refractivity contribution < 1.29 is 19.0 Å². The number of hydrogen-bond donors (Lipinski definition) is 4. The molecule has 4 N–H and O–H groups in total. The summed E-state index contributed by atoms with van der Waals surface area (Å²) in [5.74, 6) is -0.0702. The van der Waals surface area contributed by atoms with Gasteiger partial charge >= 0.3 is 0 Å². The van der Waals surface area contributed by atoms with Crippen LogP contribution in [0.3, 0.4) is 0 Å². The Bertz CT molecular complexity index is 1760. The first-order valence-corrected chi connectivity index (χ1v) is 16.0. The maximum Gasteiger partial charge on any atom is 0.252 e. The summed E-state index contributed by atoms with van der Waals surface area (Å²) in [5, 5.41) is 9.82. The zero-order chi connectivity index (χ0) is 32.4. The Kier molecular flexibility index (Phi) is 8.58. The van der Waals surface area contributed by atoms with Crippen LogP contribution in [0.1, 0.15) is 49.7 Å². The molecule has 0 spiro atoms. The highest BCUT2D eigenvalue weighted by Crippen LogP contribution is 2.44. The van der Waals surface area contributed by atoms with E-state index in [1.54, 1.807) is 18.9 Å². The first-order valence-electron chi connectivity index (χ1n) is 16.0. The number of hydrogen-bond acceptors (Lipinski definition) is 10. The number of rotatable bonds is 12. The predicted molar refractivity (Wildman–Crippen MR) is 176 cm³/mol. The van der Waals surface area contributed by atoms with Crippen molar-refractivity contribution in [3.8, 4) is 0 Å². The zero-order valence-electron chi connectivity index (χ0n) is 26.6. The molecule has 2 fully saturated rings. The number of fused-ring (bicyclic) bond motifs is 2. The van der Waals surface area contributed by atoms with E-state index in [1.807, 2.05) is 37.5 Å². The molecule has 0 bridgehead atoms. The quantitative estimate of drug-likeness (QED) is 0.158. The highest BCUT2D eigenvalue weighted by molar-refractivity contribution is 5.85. The molecule has 2 saturated heterocycles. The molecule has 3 aromatic heterocycles. The van der Waals surface area contributed by atoms with Crippen molar-refractivity contribution in [1.82, 2.24) is 34.8 Å². The molecule has 2 aliphatic heterocycles. The molecule has 0 saturated carbocycles. The lowest BCUT2D eigenvalue weighted by molar-refractivity contribution is -0.197. The van der Waals surface area contributed by atoms with Gasteiger partial charge in [-0.3, -0.25) is 9.36 Å². The summed E-state index contributed by atoms with van der Waals surface area (Å²) in [4.78, 5) is 34.8. The molecule has 4 atom stereocenters. The molecule has 2 aromatic carbocycles. The number of likely N-dealkylation sites (N-methyl/N-ethyl adjacent to an activating group) is 1. The van der Waals surface area contributed by atoms with Gasteiger partial charge in [-0.05, 0) is 31.9 Å². The van der Waals surface area contributed by atoms with Gasteiger partial charge in [-0.2, -0.15) is 9.97 Å². The fourth-order valence-corrected chi connectivity index (χ4v) is 6.32. The van der Waals surface area contributed by atoms with Crippen molar-refractivity contribution in [2.24, 2.45) is 0 Å². The van der Waals surface area contributed by atoms with Crippen LogP contribution >= 0.6 is 0 Å². The lowest BCUT2D eigenvalue weighted by atomic mass is 9.91. The van der Waals surface area contributed by atoms with E-state index in [2.05, 4.69) is 74.4 Å². The van der Waals surface area contributed by atoms with Gasteiger partial charge in [0.2, 0.25) is 5.95 Å². The molecule has 13 heteroatoms. The second-order valence-electron chi connectivity index (χ2n) is 12.1. The lowest BCUT2D eigenvalue weighted by Crippen LogP contribution is -2.42. The van der Waals surface area contributed by atoms with Crippen LogP contribution in [0.4, 0.5) is 11.8 Å². The number of nitrogens with one attached hydrogen (secondary N) is 4. The number of aromatic amines is 1. The van der Waals surface area contributed by atoms with E-state index in [0.717, 1.165) is 5.69 Å². The number of carbonyl (C=O) groups is 1. The SMILES string of the molecule is CCNC(=O)[C@H]1O[C@@H](n2cnc3c(NCC(c4ccccc4)c4ccccc4)nc(NCCc4cnc[nH]4)nc32)[C@@H]2OC(C)(C)O[C@H]21. The smallest absolute Gasteiger partial charge is 0.252 e. The summed E-state index contributed by atoms with van der Waals surface area (Å²) in [5.41, 5.74) is 4.48. The van der Waals surface area contributed by atoms with E-state index in [0.29, 0.717) is 49.0 Å². The molecule has 7 rings (SSSR count). The monoisotopic (exact) mass is 637 g/mol. The number of amides is 1. The van der Waals surface area contributed by atoms with Crippen LogP contribution in [0.5, 0.6) is 0 Å². The van der Waals surface area contributed by atoms with Crippen molar-refractivity contribution in [1.29, 1.82) is 0 Å². The number of anilines is 2. The minimum atomic E-state index is -0.885.